The first kappa shape index (κ1) is 14.0. The number of nitrogens with one attached hydrogen (secondary N) is 3. The van der Waals surface area contributed by atoms with E-state index in [1.54, 1.807) is 11.3 Å². The third kappa shape index (κ3) is 3.33. The molecule has 1 aromatic rings. The summed E-state index contributed by atoms with van der Waals surface area (Å²) in [6.45, 7) is 6.65. The number of carbonyl (C=O) groups excluding carboxylic acids is 2. The molecule has 0 spiro atoms. The molecule has 6 heteroatoms. The Morgan fingerprint density at radius 3 is 2.79 bits per heavy atom. The van der Waals surface area contributed by atoms with E-state index < -0.39 is 0 Å². The number of rotatable bonds is 3. The zero-order valence-electron chi connectivity index (χ0n) is 11.4. The Morgan fingerprint density at radius 2 is 2.26 bits per heavy atom. The first-order chi connectivity index (χ1) is 8.97. The van der Waals surface area contributed by atoms with E-state index in [2.05, 4.69) is 35.9 Å². The number of hydrogen-bond donors (Lipinski definition) is 3. The summed E-state index contributed by atoms with van der Waals surface area (Å²) in [5, 5.41) is 8.59. The van der Waals surface area contributed by atoms with Crippen LogP contribution < -0.4 is 16.0 Å². The molecular weight excluding hydrogens is 262 g/mol. The van der Waals surface area contributed by atoms with Crippen molar-refractivity contribution in [1.29, 1.82) is 0 Å². The lowest BCUT2D eigenvalue weighted by Crippen LogP contribution is -2.58. The minimum Gasteiger partial charge on any atom is -0.353 e. The highest BCUT2D eigenvalue weighted by Gasteiger charge is 2.25. The molecule has 1 fully saturated rings. The predicted octanol–water partition coefficient (Wildman–Crippen LogP) is 0.630. The fraction of sp³-hybridized carbons (Fsp3) is 0.538. The average Bonchev–Trinajstić information content (AvgIpc) is 2.69. The van der Waals surface area contributed by atoms with Gasteiger partial charge in [-0.1, -0.05) is 0 Å². The zero-order valence-corrected chi connectivity index (χ0v) is 12.2. The van der Waals surface area contributed by atoms with Gasteiger partial charge >= 0.3 is 0 Å². The van der Waals surface area contributed by atoms with E-state index in [4.69, 9.17) is 0 Å². The van der Waals surface area contributed by atoms with Crippen LogP contribution in [0, 0.1) is 13.8 Å². The maximum absolute atomic E-state index is 12.1. The lowest BCUT2D eigenvalue weighted by molar-refractivity contribution is -0.127. The fourth-order valence-corrected chi connectivity index (χ4v) is 3.25. The molecule has 1 aliphatic heterocycles. The molecule has 2 amide bonds. The molecular formula is C13H19N3O2S. The van der Waals surface area contributed by atoms with Gasteiger partial charge in [-0.2, -0.15) is 0 Å². The molecule has 0 saturated carbocycles. The van der Waals surface area contributed by atoms with E-state index in [-0.39, 0.29) is 30.4 Å². The van der Waals surface area contributed by atoms with Crippen LogP contribution in [-0.4, -0.2) is 30.9 Å². The highest BCUT2D eigenvalue weighted by Crippen LogP contribution is 2.26. The van der Waals surface area contributed by atoms with Crippen molar-refractivity contribution >= 4 is 23.2 Å². The Kier molecular flexibility index (Phi) is 4.21. The maximum Gasteiger partial charge on any atom is 0.239 e. The molecule has 0 aliphatic carbocycles. The number of carbonyl (C=O) groups is 2. The van der Waals surface area contributed by atoms with Gasteiger partial charge in [0, 0.05) is 16.3 Å². The highest BCUT2D eigenvalue weighted by atomic mass is 32.1. The van der Waals surface area contributed by atoms with Crippen LogP contribution in [0.4, 0.5) is 0 Å². The van der Waals surface area contributed by atoms with Gasteiger partial charge in [-0.25, -0.2) is 0 Å². The zero-order chi connectivity index (χ0) is 14.0. The van der Waals surface area contributed by atoms with Gasteiger partial charge in [-0.05, 0) is 32.4 Å². The number of thiophene rings is 1. The molecule has 2 atom stereocenters. The Labute approximate surface area is 116 Å². The predicted molar refractivity (Wildman–Crippen MR) is 75.2 cm³/mol. The van der Waals surface area contributed by atoms with Crippen molar-refractivity contribution in [3.63, 3.8) is 0 Å². The second-order valence-electron chi connectivity index (χ2n) is 4.84. The van der Waals surface area contributed by atoms with Crippen molar-refractivity contribution < 1.29 is 9.59 Å². The van der Waals surface area contributed by atoms with Crippen LogP contribution in [0.1, 0.15) is 28.3 Å². The van der Waals surface area contributed by atoms with E-state index in [0.29, 0.717) is 6.54 Å². The van der Waals surface area contributed by atoms with Gasteiger partial charge in [0.25, 0.3) is 0 Å². The Bertz CT molecular complexity index is 488. The van der Waals surface area contributed by atoms with Crippen molar-refractivity contribution in [3.05, 3.63) is 21.4 Å². The SMILES string of the molecule is Cc1cc(C(C)NC(=O)C2CNC(=O)CN2)c(C)s1. The van der Waals surface area contributed by atoms with Crippen LogP contribution >= 0.6 is 11.3 Å². The van der Waals surface area contributed by atoms with E-state index >= 15 is 0 Å². The summed E-state index contributed by atoms with van der Waals surface area (Å²) in [7, 11) is 0. The van der Waals surface area contributed by atoms with Crippen LogP contribution in [0.2, 0.25) is 0 Å². The minimum atomic E-state index is -0.347. The van der Waals surface area contributed by atoms with Crippen LogP contribution in [0.15, 0.2) is 6.07 Å². The summed E-state index contributed by atoms with van der Waals surface area (Å²) in [5.41, 5.74) is 1.16. The largest absolute Gasteiger partial charge is 0.353 e. The Morgan fingerprint density at radius 1 is 1.53 bits per heavy atom. The molecule has 5 nitrogen and oxygen atoms in total. The van der Waals surface area contributed by atoms with Gasteiger partial charge in [0.05, 0.1) is 12.6 Å². The molecule has 1 aromatic heterocycles. The standard InChI is InChI=1S/C13H19N3O2S/c1-7-4-10(9(3)19-7)8(2)16-13(18)11-5-15-12(17)6-14-11/h4,8,11,14H,5-6H2,1-3H3,(H,15,17)(H,16,18). The van der Waals surface area contributed by atoms with Gasteiger partial charge in [0.1, 0.15) is 6.04 Å². The fourth-order valence-electron chi connectivity index (χ4n) is 2.22. The molecule has 0 aromatic carbocycles. The molecule has 2 unspecified atom stereocenters. The normalized spacial score (nSPS) is 20.8. The van der Waals surface area contributed by atoms with Crippen molar-refractivity contribution in [3.8, 4) is 0 Å². The first-order valence-corrected chi connectivity index (χ1v) is 7.16. The molecule has 1 saturated heterocycles. The van der Waals surface area contributed by atoms with Gasteiger partial charge in [0.2, 0.25) is 11.8 Å². The van der Waals surface area contributed by atoms with Gasteiger partial charge in [0.15, 0.2) is 0 Å². The van der Waals surface area contributed by atoms with Crippen LogP contribution in [0.5, 0.6) is 0 Å². The maximum atomic E-state index is 12.1. The summed E-state index contributed by atoms with van der Waals surface area (Å²) in [6.07, 6.45) is 0. The summed E-state index contributed by atoms with van der Waals surface area (Å²) in [5.74, 6) is -0.142. The minimum absolute atomic E-state index is 0.0168. The van der Waals surface area contributed by atoms with E-state index in [0.717, 1.165) is 5.56 Å². The van der Waals surface area contributed by atoms with Gasteiger partial charge in [-0.15, -0.1) is 11.3 Å². The first-order valence-electron chi connectivity index (χ1n) is 6.34. The van der Waals surface area contributed by atoms with Gasteiger partial charge < -0.3 is 10.6 Å². The van der Waals surface area contributed by atoms with Crippen LogP contribution in [0.3, 0.4) is 0 Å². The van der Waals surface area contributed by atoms with Crippen molar-refractivity contribution in [2.45, 2.75) is 32.9 Å². The van der Waals surface area contributed by atoms with E-state index in [1.165, 1.54) is 9.75 Å². The quantitative estimate of drug-likeness (QED) is 0.761. The molecule has 2 rings (SSSR count). The molecule has 104 valence electrons. The second-order valence-corrected chi connectivity index (χ2v) is 6.30. The lowest BCUT2D eigenvalue weighted by Gasteiger charge is -2.25. The van der Waals surface area contributed by atoms with Crippen LogP contribution in [0.25, 0.3) is 0 Å². The molecule has 2 heterocycles. The van der Waals surface area contributed by atoms with Gasteiger partial charge in [-0.3, -0.25) is 14.9 Å². The Balaban J connectivity index is 1.95. The molecule has 3 N–H and O–H groups in total. The molecule has 0 bridgehead atoms. The van der Waals surface area contributed by atoms with Crippen LogP contribution in [-0.2, 0) is 9.59 Å². The van der Waals surface area contributed by atoms with E-state index in [9.17, 15) is 9.59 Å². The number of piperazine rings is 1. The molecule has 19 heavy (non-hydrogen) atoms. The number of hydrogen-bond acceptors (Lipinski definition) is 4. The lowest BCUT2D eigenvalue weighted by atomic mass is 10.1. The number of aryl methyl sites for hydroxylation is 2. The second kappa shape index (κ2) is 5.71. The molecule has 1 aliphatic rings. The summed E-state index contributed by atoms with van der Waals surface area (Å²) in [4.78, 5) is 25.6. The Hall–Kier alpha value is -1.40. The number of amides is 2. The molecule has 0 radical (unpaired) electrons. The summed E-state index contributed by atoms with van der Waals surface area (Å²) in [6, 6.07) is 1.75. The monoisotopic (exact) mass is 281 g/mol. The summed E-state index contributed by atoms with van der Waals surface area (Å²) >= 11 is 1.74. The third-order valence-electron chi connectivity index (χ3n) is 3.23. The summed E-state index contributed by atoms with van der Waals surface area (Å²) < 4.78 is 0. The third-order valence-corrected chi connectivity index (χ3v) is 4.22. The van der Waals surface area contributed by atoms with Crippen molar-refractivity contribution in [2.24, 2.45) is 0 Å². The van der Waals surface area contributed by atoms with Crippen molar-refractivity contribution in [1.82, 2.24) is 16.0 Å². The smallest absolute Gasteiger partial charge is 0.239 e. The van der Waals surface area contributed by atoms with Crippen molar-refractivity contribution in [2.75, 3.05) is 13.1 Å². The average molecular weight is 281 g/mol. The van der Waals surface area contributed by atoms with E-state index in [1.807, 2.05) is 6.92 Å². The highest BCUT2D eigenvalue weighted by molar-refractivity contribution is 7.12. The topological polar surface area (TPSA) is 70.2 Å².